The Morgan fingerprint density at radius 1 is 1.03 bits per heavy atom. The number of hydrogen-bond acceptors (Lipinski definition) is 3. The molecule has 29 heavy (non-hydrogen) atoms. The molecule has 0 radical (unpaired) electrons. The lowest BCUT2D eigenvalue weighted by Gasteiger charge is -2.31. The maximum atomic E-state index is 12.7. The highest BCUT2D eigenvalue weighted by Crippen LogP contribution is 2.26. The number of rotatable bonds is 8. The molecule has 0 saturated carbocycles. The second-order valence-electron chi connectivity index (χ2n) is 7.44. The van der Waals surface area contributed by atoms with Crippen LogP contribution in [0.3, 0.4) is 0 Å². The van der Waals surface area contributed by atoms with E-state index in [-0.39, 0.29) is 16.7 Å². The number of sulfonamides is 1. The highest BCUT2D eigenvalue weighted by Gasteiger charge is 2.30. The number of benzene rings is 2. The Morgan fingerprint density at radius 2 is 1.69 bits per heavy atom. The van der Waals surface area contributed by atoms with Gasteiger partial charge in [0.25, 0.3) is 0 Å². The fourth-order valence-corrected chi connectivity index (χ4v) is 5.20. The second kappa shape index (κ2) is 10.2. The van der Waals surface area contributed by atoms with Crippen LogP contribution in [0.2, 0.25) is 5.02 Å². The lowest BCUT2D eigenvalue weighted by atomic mass is 9.94. The molecular formula is C22H27ClN2O3S. The van der Waals surface area contributed by atoms with Crippen LogP contribution >= 0.6 is 11.6 Å². The molecule has 0 bridgehead atoms. The third-order valence-corrected chi connectivity index (χ3v) is 7.47. The Balaban J connectivity index is 1.39. The van der Waals surface area contributed by atoms with Gasteiger partial charge in [-0.3, -0.25) is 4.79 Å². The SMILES string of the molecule is O=C(CC1CCN(S(=O)(=O)c2ccc(Cl)cc2)CC1)NCCCc1ccccc1. The minimum atomic E-state index is -3.50. The largest absolute Gasteiger partial charge is 0.356 e. The summed E-state index contributed by atoms with van der Waals surface area (Å²) in [5, 5.41) is 3.50. The van der Waals surface area contributed by atoms with E-state index in [1.165, 1.54) is 22.0 Å². The second-order valence-corrected chi connectivity index (χ2v) is 9.82. The Kier molecular flexibility index (Phi) is 7.70. The summed E-state index contributed by atoms with van der Waals surface area (Å²) in [6, 6.07) is 16.5. The maximum absolute atomic E-state index is 12.7. The van der Waals surface area contributed by atoms with E-state index in [9.17, 15) is 13.2 Å². The van der Waals surface area contributed by atoms with Gasteiger partial charge in [0.05, 0.1) is 4.90 Å². The molecule has 7 heteroatoms. The molecule has 0 spiro atoms. The van der Waals surface area contributed by atoms with Gasteiger partial charge in [-0.1, -0.05) is 41.9 Å². The fourth-order valence-electron chi connectivity index (χ4n) is 3.61. The zero-order valence-corrected chi connectivity index (χ0v) is 18.0. The zero-order valence-electron chi connectivity index (χ0n) is 16.4. The summed E-state index contributed by atoms with van der Waals surface area (Å²) in [5.41, 5.74) is 1.27. The lowest BCUT2D eigenvalue weighted by Crippen LogP contribution is -2.39. The minimum absolute atomic E-state index is 0.0528. The highest BCUT2D eigenvalue weighted by atomic mass is 35.5. The van der Waals surface area contributed by atoms with E-state index in [4.69, 9.17) is 11.6 Å². The summed E-state index contributed by atoms with van der Waals surface area (Å²) in [7, 11) is -3.50. The first kappa shape index (κ1) is 21.8. The van der Waals surface area contributed by atoms with Crippen LogP contribution in [0.1, 0.15) is 31.2 Å². The van der Waals surface area contributed by atoms with Crippen LogP contribution in [0.4, 0.5) is 0 Å². The lowest BCUT2D eigenvalue weighted by molar-refractivity contribution is -0.122. The molecule has 0 atom stereocenters. The Labute approximate surface area is 178 Å². The van der Waals surface area contributed by atoms with Crippen molar-refractivity contribution >= 4 is 27.5 Å². The van der Waals surface area contributed by atoms with Crippen molar-refractivity contribution in [1.29, 1.82) is 0 Å². The number of nitrogens with one attached hydrogen (secondary N) is 1. The van der Waals surface area contributed by atoms with Crippen molar-refractivity contribution in [1.82, 2.24) is 9.62 Å². The highest BCUT2D eigenvalue weighted by molar-refractivity contribution is 7.89. The molecule has 1 N–H and O–H groups in total. The Morgan fingerprint density at radius 3 is 2.34 bits per heavy atom. The quantitative estimate of drug-likeness (QED) is 0.641. The molecule has 1 aliphatic heterocycles. The molecule has 1 aliphatic rings. The van der Waals surface area contributed by atoms with Gasteiger partial charge in [-0.25, -0.2) is 8.42 Å². The van der Waals surface area contributed by atoms with E-state index in [0.29, 0.717) is 43.9 Å². The van der Waals surface area contributed by atoms with Gasteiger partial charge in [0.1, 0.15) is 0 Å². The van der Waals surface area contributed by atoms with E-state index < -0.39 is 10.0 Å². The average Bonchev–Trinajstić information content (AvgIpc) is 2.73. The number of carbonyl (C=O) groups is 1. The van der Waals surface area contributed by atoms with Gasteiger partial charge >= 0.3 is 0 Å². The van der Waals surface area contributed by atoms with Crippen molar-refractivity contribution in [2.75, 3.05) is 19.6 Å². The topological polar surface area (TPSA) is 66.5 Å². The van der Waals surface area contributed by atoms with Gasteiger partial charge in [0, 0.05) is 31.1 Å². The predicted molar refractivity (Wildman–Crippen MR) is 115 cm³/mol. The van der Waals surface area contributed by atoms with Crippen LogP contribution in [0.5, 0.6) is 0 Å². The molecule has 3 rings (SSSR count). The molecule has 1 amide bonds. The molecule has 1 fully saturated rings. The Hall–Kier alpha value is -1.89. The van der Waals surface area contributed by atoms with E-state index >= 15 is 0 Å². The molecule has 5 nitrogen and oxygen atoms in total. The number of carbonyl (C=O) groups excluding carboxylic acids is 1. The number of aryl methyl sites for hydroxylation is 1. The summed E-state index contributed by atoms with van der Waals surface area (Å²) in [6.07, 6.45) is 3.71. The van der Waals surface area contributed by atoms with E-state index in [0.717, 1.165) is 12.8 Å². The van der Waals surface area contributed by atoms with Gasteiger partial charge in [-0.05, 0) is 61.4 Å². The third-order valence-electron chi connectivity index (χ3n) is 5.31. The van der Waals surface area contributed by atoms with Crippen LogP contribution in [0.25, 0.3) is 0 Å². The first-order chi connectivity index (χ1) is 13.9. The summed E-state index contributed by atoms with van der Waals surface area (Å²) < 4.78 is 26.9. The predicted octanol–water partition coefficient (Wildman–Crippen LogP) is 3.88. The van der Waals surface area contributed by atoms with Gasteiger partial charge < -0.3 is 5.32 Å². The van der Waals surface area contributed by atoms with Crippen molar-refractivity contribution in [3.63, 3.8) is 0 Å². The van der Waals surface area contributed by atoms with E-state index in [1.807, 2.05) is 18.2 Å². The first-order valence-corrected chi connectivity index (χ1v) is 11.8. The maximum Gasteiger partial charge on any atom is 0.243 e. The first-order valence-electron chi connectivity index (χ1n) is 10.0. The van der Waals surface area contributed by atoms with Crippen molar-refractivity contribution in [3.8, 4) is 0 Å². The number of nitrogens with zero attached hydrogens (tertiary/aromatic N) is 1. The number of hydrogen-bond donors (Lipinski definition) is 1. The summed E-state index contributed by atoms with van der Waals surface area (Å²) in [4.78, 5) is 12.5. The standard InChI is InChI=1S/C22H27ClN2O3S/c23-20-8-10-21(11-9-20)29(27,28)25-15-12-19(13-16-25)17-22(26)24-14-4-7-18-5-2-1-3-6-18/h1-3,5-6,8-11,19H,4,7,12-17H2,(H,24,26). The third kappa shape index (κ3) is 6.29. The van der Waals surface area contributed by atoms with E-state index in [2.05, 4.69) is 17.4 Å². The van der Waals surface area contributed by atoms with Gasteiger partial charge in [-0.2, -0.15) is 4.31 Å². The summed E-state index contributed by atoms with van der Waals surface area (Å²) in [5.74, 6) is 0.276. The molecule has 0 aromatic heterocycles. The molecular weight excluding hydrogens is 408 g/mol. The van der Waals surface area contributed by atoms with Crippen LogP contribution < -0.4 is 5.32 Å². The van der Waals surface area contributed by atoms with Gasteiger partial charge in [0.15, 0.2) is 0 Å². The summed E-state index contributed by atoms with van der Waals surface area (Å²) in [6.45, 7) is 1.55. The molecule has 2 aromatic carbocycles. The normalized spacial score (nSPS) is 15.9. The molecule has 0 aliphatic carbocycles. The van der Waals surface area contributed by atoms with Crippen molar-refractivity contribution in [2.45, 2.75) is 37.0 Å². The van der Waals surface area contributed by atoms with Crippen molar-refractivity contribution in [3.05, 3.63) is 65.2 Å². The molecule has 2 aromatic rings. The average molecular weight is 435 g/mol. The van der Waals surface area contributed by atoms with Crippen LogP contribution in [-0.2, 0) is 21.2 Å². The van der Waals surface area contributed by atoms with Crippen LogP contribution in [-0.4, -0.2) is 38.3 Å². The molecule has 1 saturated heterocycles. The van der Waals surface area contributed by atoms with E-state index in [1.54, 1.807) is 12.1 Å². The van der Waals surface area contributed by atoms with Crippen LogP contribution in [0.15, 0.2) is 59.5 Å². The zero-order chi connectivity index (χ0) is 20.7. The monoisotopic (exact) mass is 434 g/mol. The van der Waals surface area contributed by atoms with Gasteiger partial charge in [-0.15, -0.1) is 0 Å². The molecule has 156 valence electrons. The number of piperidine rings is 1. The smallest absolute Gasteiger partial charge is 0.243 e. The fraction of sp³-hybridized carbons (Fsp3) is 0.409. The van der Waals surface area contributed by atoms with Crippen LogP contribution in [0, 0.1) is 5.92 Å². The van der Waals surface area contributed by atoms with Gasteiger partial charge in [0.2, 0.25) is 15.9 Å². The minimum Gasteiger partial charge on any atom is -0.356 e. The number of amides is 1. The molecule has 0 unspecified atom stereocenters. The van der Waals surface area contributed by atoms with Crippen molar-refractivity contribution in [2.24, 2.45) is 5.92 Å². The molecule has 1 heterocycles. The summed E-state index contributed by atoms with van der Waals surface area (Å²) >= 11 is 5.85. The number of halogens is 1. The van der Waals surface area contributed by atoms with Crippen molar-refractivity contribution < 1.29 is 13.2 Å². The Bertz CT molecular complexity index is 893.